The second kappa shape index (κ2) is 5.69. The van der Waals surface area contributed by atoms with Crippen LogP contribution in [0.25, 0.3) is 0 Å². The summed E-state index contributed by atoms with van der Waals surface area (Å²) in [5, 5.41) is 12.7. The topological polar surface area (TPSA) is 58.3 Å². The van der Waals surface area contributed by atoms with Gasteiger partial charge in [0.15, 0.2) is 0 Å². The van der Waals surface area contributed by atoms with Gasteiger partial charge in [-0.3, -0.25) is 0 Å². The molecule has 0 spiro atoms. The second-order valence-corrected chi connectivity index (χ2v) is 4.98. The Bertz CT molecular complexity index is 386. The minimum Gasteiger partial charge on any atom is -0.397 e. The van der Waals surface area contributed by atoms with Crippen molar-refractivity contribution < 1.29 is 9.50 Å². The molecule has 0 atom stereocenters. The van der Waals surface area contributed by atoms with Crippen molar-refractivity contribution in [1.82, 2.24) is 0 Å². The number of nitrogens with two attached hydrogens (primary N) is 1. The lowest BCUT2D eigenvalue weighted by atomic mass is 9.93. The van der Waals surface area contributed by atoms with Gasteiger partial charge in [0.25, 0.3) is 0 Å². The van der Waals surface area contributed by atoms with Crippen LogP contribution in [0.5, 0.6) is 0 Å². The van der Waals surface area contributed by atoms with Crippen LogP contribution in [-0.4, -0.2) is 17.3 Å². The van der Waals surface area contributed by atoms with E-state index in [9.17, 15) is 9.50 Å². The maximum absolute atomic E-state index is 13.2. The first-order valence-corrected chi connectivity index (χ1v) is 6.41. The van der Waals surface area contributed by atoms with Gasteiger partial charge in [-0.15, -0.1) is 0 Å². The molecule has 1 aromatic carbocycles. The van der Waals surface area contributed by atoms with Crippen molar-refractivity contribution in [1.29, 1.82) is 0 Å². The minimum absolute atomic E-state index is 0.00837. The third kappa shape index (κ3) is 3.10. The molecule has 3 nitrogen and oxygen atoms in total. The lowest BCUT2D eigenvalue weighted by Crippen LogP contribution is -2.41. The predicted molar refractivity (Wildman–Crippen MR) is 72.5 cm³/mol. The van der Waals surface area contributed by atoms with Crippen LogP contribution in [-0.2, 0) is 0 Å². The van der Waals surface area contributed by atoms with Crippen molar-refractivity contribution >= 4 is 27.3 Å². The number of benzene rings is 1. The average molecular weight is 305 g/mol. The molecular formula is C12H18BrFN2O. The summed E-state index contributed by atoms with van der Waals surface area (Å²) in [5.74, 6) is -0.393. The van der Waals surface area contributed by atoms with E-state index in [0.29, 0.717) is 15.8 Å². The molecule has 0 heterocycles. The summed E-state index contributed by atoms with van der Waals surface area (Å²) in [6, 6.07) is 2.86. The molecule has 1 aromatic rings. The maximum Gasteiger partial charge on any atom is 0.139 e. The van der Waals surface area contributed by atoms with Crippen molar-refractivity contribution in [2.45, 2.75) is 32.2 Å². The number of aliphatic hydroxyl groups is 1. The van der Waals surface area contributed by atoms with Crippen molar-refractivity contribution in [2.24, 2.45) is 0 Å². The van der Waals surface area contributed by atoms with Crippen molar-refractivity contribution in [2.75, 3.05) is 17.7 Å². The molecule has 0 radical (unpaired) electrons. The Morgan fingerprint density at radius 2 is 2.00 bits per heavy atom. The Labute approximate surface area is 109 Å². The third-order valence-corrected chi connectivity index (χ3v) is 3.76. The molecule has 0 fully saturated rings. The first-order chi connectivity index (χ1) is 7.98. The molecule has 0 amide bonds. The van der Waals surface area contributed by atoms with Crippen molar-refractivity contribution in [3.63, 3.8) is 0 Å². The highest BCUT2D eigenvalue weighted by Gasteiger charge is 2.25. The summed E-state index contributed by atoms with van der Waals surface area (Å²) < 4.78 is 13.6. The van der Waals surface area contributed by atoms with Gasteiger partial charge in [0.1, 0.15) is 5.82 Å². The quantitative estimate of drug-likeness (QED) is 0.733. The molecule has 0 bridgehead atoms. The Morgan fingerprint density at radius 3 is 2.47 bits per heavy atom. The molecule has 5 heteroatoms. The molecule has 0 aromatic heterocycles. The van der Waals surface area contributed by atoms with Crippen LogP contribution in [0.2, 0.25) is 0 Å². The van der Waals surface area contributed by atoms with Crippen LogP contribution >= 0.6 is 15.9 Å². The number of aliphatic hydroxyl groups excluding tert-OH is 1. The van der Waals surface area contributed by atoms with E-state index < -0.39 is 11.4 Å². The number of hydrogen-bond acceptors (Lipinski definition) is 3. The summed E-state index contributed by atoms with van der Waals surface area (Å²) in [7, 11) is 0. The number of anilines is 2. The molecular weight excluding hydrogens is 287 g/mol. The molecule has 17 heavy (non-hydrogen) atoms. The summed E-state index contributed by atoms with van der Waals surface area (Å²) in [6.07, 6.45) is 1.52. The zero-order valence-corrected chi connectivity index (χ0v) is 11.6. The SMILES string of the molecule is CCC(CC)(CO)Nc1cc(Br)c(F)cc1N. The highest BCUT2D eigenvalue weighted by atomic mass is 79.9. The summed E-state index contributed by atoms with van der Waals surface area (Å²) in [4.78, 5) is 0. The highest BCUT2D eigenvalue weighted by molar-refractivity contribution is 9.10. The van der Waals surface area contributed by atoms with E-state index in [-0.39, 0.29) is 6.61 Å². The molecule has 0 aliphatic heterocycles. The van der Waals surface area contributed by atoms with Crippen LogP contribution in [0.4, 0.5) is 15.8 Å². The van der Waals surface area contributed by atoms with Crippen LogP contribution in [0.3, 0.4) is 0 Å². The van der Waals surface area contributed by atoms with Crippen molar-refractivity contribution in [3.05, 3.63) is 22.4 Å². The zero-order valence-electron chi connectivity index (χ0n) is 10.1. The first kappa shape index (κ1) is 14.3. The van der Waals surface area contributed by atoms with E-state index in [2.05, 4.69) is 21.2 Å². The van der Waals surface area contributed by atoms with Gasteiger partial charge < -0.3 is 16.2 Å². The van der Waals surface area contributed by atoms with E-state index in [1.165, 1.54) is 6.07 Å². The molecule has 96 valence electrons. The molecule has 4 N–H and O–H groups in total. The Balaban J connectivity index is 3.05. The lowest BCUT2D eigenvalue weighted by molar-refractivity contribution is 0.202. The van der Waals surface area contributed by atoms with E-state index in [4.69, 9.17) is 5.73 Å². The van der Waals surface area contributed by atoms with Gasteiger partial charge in [-0.25, -0.2) is 4.39 Å². The normalized spacial score (nSPS) is 11.6. The minimum atomic E-state index is -0.411. The first-order valence-electron chi connectivity index (χ1n) is 5.61. The largest absolute Gasteiger partial charge is 0.397 e. The number of nitrogens with one attached hydrogen (secondary N) is 1. The zero-order chi connectivity index (χ0) is 13.1. The van der Waals surface area contributed by atoms with Gasteiger partial charge in [-0.2, -0.15) is 0 Å². The van der Waals surface area contributed by atoms with E-state index in [1.807, 2.05) is 13.8 Å². The Hall–Kier alpha value is -0.810. The van der Waals surface area contributed by atoms with Gasteiger partial charge in [0.05, 0.1) is 28.0 Å². The maximum atomic E-state index is 13.2. The number of nitrogen functional groups attached to an aromatic ring is 1. The van der Waals surface area contributed by atoms with Gasteiger partial charge >= 0.3 is 0 Å². The fourth-order valence-electron chi connectivity index (χ4n) is 1.65. The fourth-order valence-corrected chi connectivity index (χ4v) is 1.99. The van der Waals surface area contributed by atoms with E-state index >= 15 is 0 Å². The van der Waals surface area contributed by atoms with Crippen LogP contribution in [0.1, 0.15) is 26.7 Å². The van der Waals surface area contributed by atoms with Gasteiger partial charge in [-0.1, -0.05) is 13.8 Å². The number of rotatable bonds is 5. The summed E-state index contributed by atoms with van der Waals surface area (Å²) in [6.45, 7) is 3.98. The molecule has 0 saturated heterocycles. The van der Waals surface area contributed by atoms with Crippen LogP contribution < -0.4 is 11.1 Å². The molecule has 0 unspecified atom stereocenters. The average Bonchev–Trinajstić information content (AvgIpc) is 2.33. The van der Waals surface area contributed by atoms with Gasteiger partial charge in [-0.05, 0) is 34.8 Å². The highest BCUT2D eigenvalue weighted by Crippen LogP contribution is 2.30. The smallest absolute Gasteiger partial charge is 0.139 e. The monoisotopic (exact) mass is 304 g/mol. The summed E-state index contributed by atoms with van der Waals surface area (Å²) in [5.41, 5.74) is 6.32. The number of hydrogen-bond donors (Lipinski definition) is 3. The van der Waals surface area contributed by atoms with E-state index in [0.717, 1.165) is 12.8 Å². The number of halogens is 2. The van der Waals surface area contributed by atoms with Gasteiger partial charge in [0.2, 0.25) is 0 Å². The predicted octanol–water partition coefficient (Wildman–Crippen LogP) is 3.13. The van der Waals surface area contributed by atoms with Crippen LogP contribution in [0.15, 0.2) is 16.6 Å². The lowest BCUT2D eigenvalue weighted by Gasteiger charge is -2.32. The molecule has 0 aliphatic rings. The molecule has 0 saturated carbocycles. The second-order valence-electron chi connectivity index (χ2n) is 4.12. The van der Waals surface area contributed by atoms with Gasteiger partial charge in [0, 0.05) is 6.07 Å². The molecule has 1 rings (SSSR count). The third-order valence-electron chi connectivity index (χ3n) is 3.15. The fraction of sp³-hybridized carbons (Fsp3) is 0.500. The Morgan fingerprint density at radius 1 is 1.41 bits per heavy atom. The van der Waals surface area contributed by atoms with E-state index in [1.54, 1.807) is 6.07 Å². The van der Waals surface area contributed by atoms with Crippen LogP contribution in [0, 0.1) is 5.82 Å². The Kier molecular flexibility index (Phi) is 4.77. The molecule has 0 aliphatic carbocycles. The standard InChI is InChI=1S/C12H18BrFN2O/c1-3-12(4-2,7-17)16-11-5-8(13)9(14)6-10(11)15/h5-6,16-17H,3-4,7,15H2,1-2H3. The summed E-state index contributed by atoms with van der Waals surface area (Å²) >= 11 is 3.12. The van der Waals surface area contributed by atoms with Crippen molar-refractivity contribution in [3.8, 4) is 0 Å².